The first kappa shape index (κ1) is 8.05. The molecule has 0 fully saturated rings. The third-order valence-corrected chi connectivity index (χ3v) is 2.52. The van der Waals surface area contributed by atoms with Crippen molar-refractivity contribution in [1.29, 1.82) is 0 Å². The zero-order valence-corrected chi connectivity index (χ0v) is 8.18. The van der Waals surface area contributed by atoms with E-state index in [2.05, 4.69) is 4.74 Å². The first-order chi connectivity index (χ1) is 4.75. The van der Waals surface area contributed by atoms with Gasteiger partial charge in [-0.2, -0.15) is 0 Å². The molecule has 0 bridgehead atoms. The Bertz CT molecular complexity index is 216. The molecule has 48 valence electrons. The van der Waals surface area contributed by atoms with E-state index in [0.717, 1.165) is 39.9 Å². The van der Waals surface area contributed by atoms with Gasteiger partial charge in [0, 0.05) is 0 Å². The first-order valence-corrected chi connectivity index (χ1v) is 4.20. The van der Waals surface area contributed by atoms with Crippen LogP contribution >= 0.6 is 0 Å². The molecule has 1 aliphatic carbocycles. The number of hydrogen-bond acceptors (Lipinski definition) is 2. The van der Waals surface area contributed by atoms with Crippen molar-refractivity contribution in [3.05, 3.63) is 20.5 Å². The summed E-state index contributed by atoms with van der Waals surface area (Å²) in [5.74, 6) is -0.196. The van der Waals surface area contributed by atoms with Crippen molar-refractivity contribution in [1.82, 2.24) is 0 Å². The van der Waals surface area contributed by atoms with Gasteiger partial charge in [-0.25, -0.2) is 0 Å². The van der Waals surface area contributed by atoms with Crippen LogP contribution in [0.15, 0.2) is 20.5 Å². The van der Waals surface area contributed by atoms with Crippen molar-refractivity contribution < 1.29 is 9.53 Å². The molecular weight excluding hydrogens is 139 g/mol. The molecular formula is C7H7NaO2. The number of methoxy groups -OCH3 is 1. The Kier molecular flexibility index (Phi) is 2.72. The van der Waals surface area contributed by atoms with Crippen molar-refractivity contribution in [2.45, 2.75) is 6.42 Å². The fraction of sp³-hybridized carbons (Fsp3) is 0.286. The van der Waals surface area contributed by atoms with Crippen LogP contribution in [0, 0.1) is 0 Å². The van der Waals surface area contributed by atoms with Crippen molar-refractivity contribution in [2.75, 3.05) is 7.11 Å². The Hall–Kier alpha value is -0.0500. The Morgan fingerprint density at radius 1 is 1.80 bits per heavy atom. The van der Waals surface area contributed by atoms with Crippen LogP contribution in [0.2, 0.25) is 0 Å². The first-order valence-electron chi connectivity index (χ1n) is 3.20. The fourth-order valence-electron chi connectivity index (χ4n) is 0.958. The number of carbonyl (C=O) groups excluding carboxylic acids is 1. The molecule has 0 radical (unpaired) electrons. The summed E-state index contributed by atoms with van der Waals surface area (Å²) in [4.78, 5) is 10.9. The second kappa shape index (κ2) is 3.37. The Morgan fingerprint density at radius 2 is 2.50 bits per heavy atom. The number of rotatable bonds is 1. The molecule has 0 spiro atoms. The van der Waals surface area contributed by atoms with Crippen molar-refractivity contribution >= 4 is 33.9 Å². The van der Waals surface area contributed by atoms with Crippen LogP contribution in [-0.4, -0.2) is 41.0 Å². The molecule has 0 aromatic carbocycles. The van der Waals surface area contributed by atoms with E-state index in [1.807, 2.05) is 12.2 Å². The van der Waals surface area contributed by atoms with E-state index >= 15 is 0 Å². The monoisotopic (exact) mass is 146 g/mol. The summed E-state index contributed by atoms with van der Waals surface area (Å²) >= 11 is 0.955. The Labute approximate surface area is 77.4 Å². The molecule has 1 aliphatic rings. The molecule has 0 aromatic rings. The summed E-state index contributed by atoms with van der Waals surface area (Å²) in [6.45, 7) is 0. The maximum atomic E-state index is 10.9. The second-order valence-electron chi connectivity index (χ2n) is 2.29. The van der Waals surface area contributed by atoms with E-state index in [-0.39, 0.29) is 5.97 Å². The van der Waals surface area contributed by atoms with Gasteiger partial charge in [-0.15, -0.1) is 0 Å². The van der Waals surface area contributed by atoms with Gasteiger partial charge in [-0.3, -0.25) is 0 Å². The molecule has 0 heterocycles. The third-order valence-electron chi connectivity index (χ3n) is 1.57. The molecule has 0 amide bonds. The van der Waals surface area contributed by atoms with Crippen LogP contribution in [-0.2, 0) is 9.53 Å². The van der Waals surface area contributed by atoms with Crippen LogP contribution < -0.4 is 0 Å². The van der Waals surface area contributed by atoms with Gasteiger partial charge in [-0.1, -0.05) is 0 Å². The Balaban J connectivity index is 2.80. The molecule has 0 saturated carbocycles. The molecule has 0 saturated heterocycles. The Morgan fingerprint density at radius 3 is 2.90 bits per heavy atom. The summed E-state index contributed by atoms with van der Waals surface area (Å²) in [5.41, 5.74) is 0.772. The van der Waals surface area contributed by atoms with Crippen LogP contribution in [0.4, 0.5) is 0 Å². The van der Waals surface area contributed by atoms with Crippen LogP contribution in [0.3, 0.4) is 0 Å². The minimum atomic E-state index is -0.196. The second-order valence-corrected chi connectivity index (χ2v) is 3.50. The van der Waals surface area contributed by atoms with Crippen LogP contribution in [0.1, 0.15) is 6.42 Å². The van der Waals surface area contributed by atoms with Crippen LogP contribution in [0.25, 0.3) is 0 Å². The van der Waals surface area contributed by atoms with Crippen molar-refractivity contribution in [2.24, 2.45) is 0 Å². The predicted molar refractivity (Wildman–Crippen MR) is 38.6 cm³/mol. The minimum absolute atomic E-state index is 0.196. The van der Waals surface area contributed by atoms with Crippen molar-refractivity contribution in [3.63, 3.8) is 0 Å². The van der Waals surface area contributed by atoms with Gasteiger partial charge < -0.3 is 0 Å². The number of ether oxygens (including phenoxy) is 1. The zero-order valence-electron chi connectivity index (χ0n) is 6.18. The van der Waals surface area contributed by atoms with Crippen LogP contribution in [0.5, 0.6) is 0 Å². The van der Waals surface area contributed by atoms with Gasteiger partial charge in [0.15, 0.2) is 0 Å². The maximum absolute atomic E-state index is 10.9. The van der Waals surface area contributed by atoms with E-state index < -0.39 is 0 Å². The molecule has 2 nitrogen and oxygen atoms in total. The molecule has 0 N–H and O–H groups in total. The molecule has 3 heteroatoms. The molecule has 0 unspecified atom stereocenters. The summed E-state index contributed by atoms with van der Waals surface area (Å²) in [7, 11) is 1.41. The average molecular weight is 146 g/mol. The number of hydrogen-bond donors (Lipinski definition) is 0. The normalized spacial score (nSPS) is 16.3. The molecule has 0 aliphatic heterocycles. The SMILES string of the molecule is COC(=O)C1=[C]([Na])CC=C1. The van der Waals surface area contributed by atoms with Gasteiger partial charge in [0.1, 0.15) is 0 Å². The molecule has 10 heavy (non-hydrogen) atoms. The fourth-order valence-corrected chi connectivity index (χ4v) is 1.56. The predicted octanol–water partition coefficient (Wildman–Crippen LogP) is 0.542. The number of allylic oxidation sites excluding steroid dienone is 2. The van der Waals surface area contributed by atoms with Gasteiger partial charge >= 0.3 is 77.5 Å². The van der Waals surface area contributed by atoms with E-state index in [1.165, 1.54) is 9.93 Å². The average Bonchev–Trinajstić information content (AvgIpc) is 2.34. The summed E-state index contributed by atoms with van der Waals surface area (Å²) in [6.07, 6.45) is 4.78. The summed E-state index contributed by atoms with van der Waals surface area (Å²) < 4.78 is 5.81. The van der Waals surface area contributed by atoms with E-state index in [0.29, 0.717) is 0 Å². The van der Waals surface area contributed by atoms with Gasteiger partial charge in [0.05, 0.1) is 0 Å². The van der Waals surface area contributed by atoms with E-state index in [9.17, 15) is 4.79 Å². The van der Waals surface area contributed by atoms with Gasteiger partial charge in [-0.05, 0) is 0 Å². The van der Waals surface area contributed by atoms with E-state index in [1.54, 1.807) is 0 Å². The van der Waals surface area contributed by atoms with Gasteiger partial charge in [0.2, 0.25) is 0 Å². The third kappa shape index (κ3) is 1.51. The van der Waals surface area contributed by atoms with E-state index in [4.69, 9.17) is 0 Å². The molecule has 0 atom stereocenters. The summed E-state index contributed by atoms with van der Waals surface area (Å²) in [5, 5.41) is 0. The molecule has 1 rings (SSSR count). The number of carbonyl (C=O) groups is 1. The quantitative estimate of drug-likeness (QED) is 0.398. The molecule has 0 aromatic heterocycles. The summed E-state index contributed by atoms with van der Waals surface area (Å²) in [6, 6.07) is 0. The standard InChI is InChI=1S/C7H7O2.Na/c1-9-7(8)6-4-2-3-5-6;/h2,4H,3H2,1H3;. The van der Waals surface area contributed by atoms with Crippen molar-refractivity contribution in [3.8, 4) is 0 Å². The number of esters is 1. The van der Waals surface area contributed by atoms with Gasteiger partial charge in [0.25, 0.3) is 0 Å². The zero-order chi connectivity index (χ0) is 7.56. The topological polar surface area (TPSA) is 26.3 Å².